The molecule has 0 spiro atoms. The SMILES string of the molecule is Oc1cccc(NCc2ccc(Br)cc2Cl)c1. The lowest BCUT2D eigenvalue weighted by Gasteiger charge is -2.08. The van der Waals surface area contributed by atoms with Crippen molar-refractivity contribution in [3.63, 3.8) is 0 Å². The third-order valence-electron chi connectivity index (χ3n) is 2.34. The predicted molar refractivity (Wildman–Crippen MR) is 74.6 cm³/mol. The number of hydrogen-bond acceptors (Lipinski definition) is 2. The summed E-state index contributed by atoms with van der Waals surface area (Å²) in [5.74, 6) is 0.247. The monoisotopic (exact) mass is 311 g/mol. The first-order chi connectivity index (χ1) is 8.15. The van der Waals surface area contributed by atoms with Crippen LogP contribution >= 0.6 is 27.5 Å². The molecule has 0 amide bonds. The van der Waals surface area contributed by atoms with E-state index in [1.54, 1.807) is 18.2 Å². The maximum atomic E-state index is 9.33. The molecule has 0 saturated heterocycles. The number of halogens is 2. The van der Waals surface area contributed by atoms with Gasteiger partial charge in [-0.15, -0.1) is 0 Å². The highest BCUT2D eigenvalue weighted by Crippen LogP contribution is 2.23. The minimum Gasteiger partial charge on any atom is -0.508 e. The highest BCUT2D eigenvalue weighted by molar-refractivity contribution is 9.10. The van der Waals surface area contributed by atoms with Crippen LogP contribution in [0.2, 0.25) is 5.02 Å². The van der Waals surface area contributed by atoms with Crippen molar-refractivity contribution < 1.29 is 5.11 Å². The minimum atomic E-state index is 0.247. The van der Waals surface area contributed by atoms with Crippen molar-refractivity contribution in [2.45, 2.75) is 6.54 Å². The fourth-order valence-corrected chi connectivity index (χ4v) is 2.22. The van der Waals surface area contributed by atoms with Crippen molar-refractivity contribution >= 4 is 33.2 Å². The Kier molecular flexibility index (Phi) is 3.92. The van der Waals surface area contributed by atoms with Crippen LogP contribution in [-0.2, 0) is 6.54 Å². The summed E-state index contributed by atoms with van der Waals surface area (Å²) in [6.45, 7) is 0.621. The van der Waals surface area contributed by atoms with E-state index in [2.05, 4.69) is 21.2 Å². The van der Waals surface area contributed by atoms with Gasteiger partial charge in [0.2, 0.25) is 0 Å². The van der Waals surface area contributed by atoms with Gasteiger partial charge < -0.3 is 10.4 Å². The molecular weight excluding hydrogens is 302 g/mol. The van der Waals surface area contributed by atoms with Gasteiger partial charge in [0.15, 0.2) is 0 Å². The van der Waals surface area contributed by atoms with Gasteiger partial charge in [0, 0.05) is 27.8 Å². The van der Waals surface area contributed by atoms with E-state index in [0.29, 0.717) is 11.6 Å². The molecule has 4 heteroatoms. The van der Waals surface area contributed by atoms with Crippen LogP contribution in [0.15, 0.2) is 46.9 Å². The number of benzene rings is 2. The van der Waals surface area contributed by atoms with Crippen LogP contribution in [0, 0.1) is 0 Å². The molecule has 0 heterocycles. The first-order valence-corrected chi connectivity index (χ1v) is 6.29. The quantitative estimate of drug-likeness (QED) is 0.879. The molecule has 0 aromatic heterocycles. The number of anilines is 1. The Labute approximate surface area is 113 Å². The Morgan fingerprint density at radius 1 is 1.18 bits per heavy atom. The molecular formula is C13H11BrClNO. The molecule has 0 saturated carbocycles. The standard InChI is InChI=1S/C13H11BrClNO/c14-10-5-4-9(13(15)6-10)8-16-11-2-1-3-12(17)7-11/h1-7,16-17H,8H2. The fraction of sp³-hybridized carbons (Fsp3) is 0.0769. The van der Waals surface area contributed by atoms with Gasteiger partial charge in [0.25, 0.3) is 0 Å². The van der Waals surface area contributed by atoms with Gasteiger partial charge >= 0.3 is 0 Å². The second-order valence-corrected chi connectivity index (χ2v) is 4.96. The van der Waals surface area contributed by atoms with Crippen molar-refractivity contribution in [1.82, 2.24) is 0 Å². The normalized spacial score (nSPS) is 10.2. The Bertz CT molecular complexity index is 531. The summed E-state index contributed by atoms with van der Waals surface area (Å²) >= 11 is 9.47. The zero-order chi connectivity index (χ0) is 12.3. The Morgan fingerprint density at radius 2 is 2.00 bits per heavy atom. The molecule has 2 N–H and O–H groups in total. The van der Waals surface area contributed by atoms with E-state index >= 15 is 0 Å². The number of phenols is 1. The smallest absolute Gasteiger partial charge is 0.117 e. The molecule has 0 radical (unpaired) electrons. The van der Waals surface area contributed by atoms with Gasteiger partial charge in [0.1, 0.15) is 5.75 Å². The summed E-state index contributed by atoms with van der Waals surface area (Å²) in [7, 11) is 0. The molecule has 17 heavy (non-hydrogen) atoms. The molecule has 0 fully saturated rings. The van der Waals surface area contributed by atoms with Crippen LogP contribution in [0.4, 0.5) is 5.69 Å². The lowest BCUT2D eigenvalue weighted by atomic mass is 10.2. The fourth-order valence-electron chi connectivity index (χ4n) is 1.48. The molecule has 0 aliphatic rings. The largest absolute Gasteiger partial charge is 0.508 e. The number of nitrogens with one attached hydrogen (secondary N) is 1. The first kappa shape index (κ1) is 12.3. The molecule has 2 rings (SSSR count). The molecule has 2 nitrogen and oxygen atoms in total. The minimum absolute atomic E-state index is 0.247. The van der Waals surface area contributed by atoms with Crippen molar-refractivity contribution in [1.29, 1.82) is 0 Å². The number of hydrogen-bond donors (Lipinski definition) is 2. The molecule has 0 aliphatic heterocycles. The molecule has 0 bridgehead atoms. The summed E-state index contributed by atoms with van der Waals surface area (Å²) in [6, 6.07) is 12.8. The van der Waals surface area contributed by atoms with Gasteiger partial charge in [-0.3, -0.25) is 0 Å². The summed E-state index contributed by atoms with van der Waals surface area (Å²) in [5, 5.41) is 13.2. The Morgan fingerprint density at radius 3 is 2.71 bits per heavy atom. The maximum Gasteiger partial charge on any atom is 0.117 e. The number of aromatic hydroxyl groups is 1. The van der Waals surface area contributed by atoms with Gasteiger partial charge in [0.05, 0.1) is 0 Å². The van der Waals surface area contributed by atoms with Crippen LogP contribution in [0.1, 0.15) is 5.56 Å². The second-order valence-electron chi connectivity index (χ2n) is 3.64. The third kappa shape index (κ3) is 3.38. The molecule has 2 aromatic carbocycles. The predicted octanol–water partition coefficient (Wildman–Crippen LogP) is 4.42. The van der Waals surface area contributed by atoms with Crippen molar-refractivity contribution in [3.8, 4) is 5.75 Å². The summed E-state index contributed by atoms with van der Waals surface area (Å²) in [5.41, 5.74) is 1.88. The van der Waals surface area contributed by atoms with Gasteiger partial charge in [-0.1, -0.05) is 39.7 Å². The molecule has 88 valence electrons. The average Bonchev–Trinajstić information content (AvgIpc) is 2.28. The molecule has 0 aliphatic carbocycles. The summed E-state index contributed by atoms with van der Waals surface area (Å²) < 4.78 is 0.962. The van der Waals surface area contributed by atoms with Crippen LogP contribution in [0.5, 0.6) is 5.75 Å². The molecule has 2 aromatic rings. The van der Waals surface area contributed by atoms with Gasteiger partial charge in [-0.2, -0.15) is 0 Å². The lowest BCUT2D eigenvalue weighted by molar-refractivity contribution is 0.475. The average molecular weight is 313 g/mol. The summed E-state index contributed by atoms with van der Waals surface area (Å²) in [6.07, 6.45) is 0. The molecule has 0 atom stereocenters. The topological polar surface area (TPSA) is 32.3 Å². The van der Waals surface area contributed by atoms with Crippen LogP contribution < -0.4 is 5.32 Å². The maximum absolute atomic E-state index is 9.33. The van der Waals surface area contributed by atoms with Crippen molar-refractivity contribution in [2.24, 2.45) is 0 Å². The van der Waals surface area contributed by atoms with Crippen molar-refractivity contribution in [2.75, 3.05) is 5.32 Å². The Balaban J connectivity index is 2.07. The lowest BCUT2D eigenvalue weighted by Crippen LogP contribution is -1.99. The summed E-state index contributed by atoms with van der Waals surface area (Å²) in [4.78, 5) is 0. The highest BCUT2D eigenvalue weighted by Gasteiger charge is 2.01. The van der Waals surface area contributed by atoms with Gasteiger partial charge in [-0.25, -0.2) is 0 Å². The van der Waals surface area contributed by atoms with Crippen LogP contribution in [-0.4, -0.2) is 5.11 Å². The van der Waals surface area contributed by atoms with E-state index in [4.69, 9.17) is 11.6 Å². The number of rotatable bonds is 3. The van der Waals surface area contributed by atoms with Crippen LogP contribution in [0.3, 0.4) is 0 Å². The number of phenolic OH excluding ortho intramolecular Hbond substituents is 1. The highest BCUT2D eigenvalue weighted by atomic mass is 79.9. The van der Waals surface area contributed by atoms with Crippen molar-refractivity contribution in [3.05, 3.63) is 57.5 Å². The second kappa shape index (κ2) is 5.43. The van der Waals surface area contributed by atoms with E-state index in [1.165, 1.54) is 0 Å². The van der Waals surface area contributed by atoms with E-state index < -0.39 is 0 Å². The zero-order valence-electron chi connectivity index (χ0n) is 8.95. The van der Waals surface area contributed by atoms with E-state index in [0.717, 1.165) is 15.7 Å². The van der Waals surface area contributed by atoms with E-state index in [9.17, 15) is 5.11 Å². The Hall–Kier alpha value is -1.19. The molecule has 0 unspecified atom stereocenters. The van der Waals surface area contributed by atoms with E-state index in [1.807, 2.05) is 24.3 Å². The zero-order valence-corrected chi connectivity index (χ0v) is 11.3. The third-order valence-corrected chi connectivity index (χ3v) is 3.19. The van der Waals surface area contributed by atoms with E-state index in [-0.39, 0.29) is 5.75 Å². The van der Waals surface area contributed by atoms with Gasteiger partial charge in [-0.05, 0) is 29.8 Å². The van der Waals surface area contributed by atoms with Crippen LogP contribution in [0.25, 0.3) is 0 Å². The first-order valence-electron chi connectivity index (χ1n) is 5.12.